The molecule has 0 aliphatic heterocycles. The van der Waals surface area contributed by atoms with Gasteiger partial charge in [-0.1, -0.05) is 6.07 Å². The third-order valence-electron chi connectivity index (χ3n) is 2.60. The number of hydrogen-bond acceptors (Lipinski definition) is 2. The maximum Gasteiger partial charge on any atom is 0.214 e. The molecule has 0 atom stereocenters. The Balaban J connectivity index is 2.09. The SMILES string of the molecule is CC1(Nc2cccc(F)n2)CCC1. The van der Waals surface area contributed by atoms with Gasteiger partial charge in [-0.25, -0.2) is 4.98 Å². The summed E-state index contributed by atoms with van der Waals surface area (Å²) in [4.78, 5) is 3.76. The Bertz CT molecular complexity index is 308. The molecule has 1 saturated carbocycles. The quantitative estimate of drug-likeness (QED) is 0.707. The molecule has 13 heavy (non-hydrogen) atoms. The van der Waals surface area contributed by atoms with Crippen molar-refractivity contribution in [3.8, 4) is 0 Å². The van der Waals surface area contributed by atoms with Crippen LogP contribution in [0.2, 0.25) is 0 Å². The van der Waals surface area contributed by atoms with Gasteiger partial charge in [-0.15, -0.1) is 0 Å². The Labute approximate surface area is 77.2 Å². The zero-order valence-electron chi connectivity index (χ0n) is 7.68. The standard InChI is InChI=1S/C10H13FN2/c1-10(6-3-7-10)13-9-5-2-4-8(11)12-9/h2,4-5H,3,6-7H2,1H3,(H,12,13). The largest absolute Gasteiger partial charge is 0.365 e. The fourth-order valence-corrected chi connectivity index (χ4v) is 1.62. The third-order valence-corrected chi connectivity index (χ3v) is 2.60. The summed E-state index contributed by atoms with van der Waals surface area (Å²) in [6, 6.07) is 4.83. The fraction of sp³-hybridized carbons (Fsp3) is 0.500. The predicted molar refractivity (Wildman–Crippen MR) is 50.1 cm³/mol. The molecule has 2 rings (SSSR count). The monoisotopic (exact) mass is 180 g/mol. The number of halogens is 1. The number of pyridine rings is 1. The van der Waals surface area contributed by atoms with E-state index in [0.29, 0.717) is 5.82 Å². The van der Waals surface area contributed by atoms with E-state index in [4.69, 9.17) is 0 Å². The van der Waals surface area contributed by atoms with Crippen molar-refractivity contribution in [3.63, 3.8) is 0 Å². The van der Waals surface area contributed by atoms with E-state index in [2.05, 4.69) is 17.2 Å². The molecule has 1 aliphatic rings. The van der Waals surface area contributed by atoms with Crippen molar-refractivity contribution in [2.75, 3.05) is 5.32 Å². The van der Waals surface area contributed by atoms with Crippen molar-refractivity contribution in [2.45, 2.75) is 31.7 Å². The zero-order valence-corrected chi connectivity index (χ0v) is 7.68. The van der Waals surface area contributed by atoms with Gasteiger partial charge in [0, 0.05) is 5.54 Å². The van der Waals surface area contributed by atoms with Gasteiger partial charge in [-0.2, -0.15) is 4.39 Å². The van der Waals surface area contributed by atoms with Gasteiger partial charge < -0.3 is 5.32 Å². The van der Waals surface area contributed by atoms with E-state index in [-0.39, 0.29) is 5.54 Å². The first-order valence-corrected chi connectivity index (χ1v) is 4.59. The number of hydrogen-bond donors (Lipinski definition) is 1. The van der Waals surface area contributed by atoms with Crippen molar-refractivity contribution in [1.29, 1.82) is 0 Å². The summed E-state index contributed by atoms with van der Waals surface area (Å²) in [6.07, 6.45) is 3.54. The summed E-state index contributed by atoms with van der Waals surface area (Å²) >= 11 is 0. The van der Waals surface area contributed by atoms with Gasteiger partial charge >= 0.3 is 0 Å². The fourth-order valence-electron chi connectivity index (χ4n) is 1.62. The van der Waals surface area contributed by atoms with Gasteiger partial charge in [0.25, 0.3) is 0 Å². The van der Waals surface area contributed by atoms with E-state index < -0.39 is 5.95 Å². The summed E-state index contributed by atoms with van der Waals surface area (Å²) in [6.45, 7) is 2.14. The Morgan fingerprint density at radius 3 is 2.77 bits per heavy atom. The minimum atomic E-state index is -0.423. The molecule has 0 aromatic carbocycles. The third kappa shape index (κ3) is 1.79. The van der Waals surface area contributed by atoms with Crippen molar-refractivity contribution < 1.29 is 4.39 Å². The molecule has 1 aliphatic carbocycles. The van der Waals surface area contributed by atoms with E-state index in [9.17, 15) is 4.39 Å². The number of aromatic nitrogens is 1. The molecule has 3 heteroatoms. The maximum atomic E-state index is 12.7. The van der Waals surface area contributed by atoms with Gasteiger partial charge in [-0.05, 0) is 38.3 Å². The van der Waals surface area contributed by atoms with Crippen molar-refractivity contribution >= 4 is 5.82 Å². The molecule has 1 aromatic rings. The molecule has 2 nitrogen and oxygen atoms in total. The van der Waals surface area contributed by atoms with E-state index in [0.717, 1.165) is 12.8 Å². The van der Waals surface area contributed by atoms with E-state index in [1.54, 1.807) is 12.1 Å². The first-order chi connectivity index (χ1) is 6.18. The second kappa shape index (κ2) is 2.98. The average molecular weight is 180 g/mol. The molecule has 0 spiro atoms. The topological polar surface area (TPSA) is 24.9 Å². The lowest BCUT2D eigenvalue weighted by molar-refractivity contribution is 0.305. The summed E-state index contributed by atoms with van der Waals surface area (Å²) in [5.74, 6) is 0.218. The van der Waals surface area contributed by atoms with Gasteiger partial charge in [-0.3, -0.25) is 0 Å². The molecule has 1 aromatic heterocycles. The van der Waals surface area contributed by atoms with E-state index in [1.807, 2.05) is 0 Å². The van der Waals surface area contributed by atoms with Crippen LogP contribution in [0.4, 0.5) is 10.2 Å². The highest BCUT2D eigenvalue weighted by molar-refractivity contribution is 5.37. The molecule has 0 amide bonds. The second-order valence-corrected chi connectivity index (χ2v) is 3.88. The highest BCUT2D eigenvalue weighted by Crippen LogP contribution is 2.33. The van der Waals surface area contributed by atoms with Crippen LogP contribution in [0.1, 0.15) is 26.2 Å². The molecule has 0 radical (unpaired) electrons. The van der Waals surface area contributed by atoms with E-state index in [1.165, 1.54) is 12.5 Å². The summed E-state index contributed by atoms with van der Waals surface area (Å²) in [7, 11) is 0. The van der Waals surface area contributed by atoms with Crippen LogP contribution in [0.25, 0.3) is 0 Å². The Morgan fingerprint density at radius 1 is 1.46 bits per heavy atom. The van der Waals surface area contributed by atoms with Gasteiger partial charge in [0.15, 0.2) is 0 Å². The van der Waals surface area contributed by atoms with Crippen LogP contribution in [-0.2, 0) is 0 Å². The van der Waals surface area contributed by atoms with Crippen molar-refractivity contribution in [3.05, 3.63) is 24.1 Å². The second-order valence-electron chi connectivity index (χ2n) is 3.88. The van der Waals surface area contributed by atoms with Crippen molar-refractivity contribution in [1.82, 2.24) is 4.98 Å². The van der Waals surface area contributed by atoms with Crippen molar-refractivity contribution in [2.24, 2.45) is 0 Å². The van der Waals surface area contributed by atoms with E-state index >= 15 is 0 Å². The number of anilines is 1. The number of rotatable bonds is 2. The normalized spacial score (nSPS) is 19.2. The van der Waals surface area contributed by atoms with Crippen LogP contribution >= 0.6 is 0 Å². The molecule has 0 unspecified atom stereocenters. The van der Waals surface area contributed by atoms with Crippen LogP contribution in [0.15, 0.2) is 18.2 Å². The van der Waals surface area contributed by atoms with Gasteiger partial charge in [0.1, 0.15) is 5.82 Å². The minimum Gasteiger partial charge on any atom is -0.365 e. The lowest BCUT2D eigenvalue weighted by atomic mass is 9.78. The molecule has 70 valence electrons. The molecular formula is C10H13FN2. The number of nitrogens with zero attached hydrogens (tertiary/aromatic N) is 1. The number of nitrogens with one attached hydrogen (secondary N) is 1. The summed E-state index contributed by atoms with van der Waals surface area (Å²) in [5, 5.41) is 3.24. The summed E-state index contributed by atoms with van der Waals surface area (Å²) in [5.41, 5.74) is 0.140. The van der Waals surface area contributed by atoms with Crippen LogP contribution in [-0.4, -0.2) is 10.5 Å². The smallest absolute Gasteiger partial charge is 0.214 e. The zero-order chi connectivity index (χ0) is 9.31. The van der Waals surface area contributed by atoms with Crippen LogP contribution in [0, 0.1) is 5.95 Å². The first kappa shape index (κ1) is 8.48. The first-order valence-electron chi connectivity index (χ1n) is 4.59. The summed E-state index contributed by atoms with van der Waals surface area (Å²) < 4.78 is 12.7. The molecule has 0 bridgehead atoms. The van der Waals surface area contributed by atoms with Gasteiger partial charge in [0.05, 0.1) is 0 Å². The molecule has 1 N–H and O–H groups in total. The molecule has 1 heterocycles. The van der Waals surface area contributed by atoms with Gasteiger partial charge in [0.2, 0.25) is 5.95 Å². The lowest BCUT2D eigenvalue weighted by Gasteiger charge is -2.39. The molecule has 0 saturated heterocycles. The Morgan fingerprint density at radius 2 is 2.23 bits per heavy atom. The van der Waals surface area contributed by atoms with Crippen LogP contribution in [0.3, 0.4) is 0 Å². The van der Waals surface area contributed by atoms with Crippen LogP contribution in [0.5, 0.6) is 0 Å². The minimum absolute atomic E-state index is 0.140. The predicted octanol–water partition coefficient (Wildman–Crippen LogP) is 2.58. The Kier molecular flexibility index (Phi) is 1.94. The molecule has 1 fully saturated rings. The average Bonchev–Trinajstić information content (AvgIpc) is 2.01. The lowest BCUT2D eigenvalue weighted by Crippen LogP contribution is -2.41. The molecular weight excluding hydrogens is 167 g/mol. The maximum absolute atomic E-state index is 12.7. The van der Waals surface area contributed by atoms with Crippen LogP contribution < -0.4 is 5.32 Å². The Hall–Kier alpha value is -1.12. The highest BCUT2D eigenvalue weighted by Gasteiger charge is 2.31. The highest BCUT2D eigenvalue weighted by atomic mass is 19.1.